The van der Waals surface area contributed by atoms with Crippen LogP contribution in [0.5, 0.6) is 0 Å². The maximum atomic E-state index is 11.8. The monoisotopic (exact) mass is 325 g/mol. The number of thioether (sulfide) groups is 1. The van der Waals surface area contributed by atoms with Gasteiger partial charge in [-0.15, -0.1) is 5.10 Å². The van der Waals surface area contributed by atoms with Crippen molar-refractivity contribution < 1.29 is 4.79 Å². The van der Waals surface area contributed by atoms with E-state index in [1.807, 2.05) is 60.7 Å². The molecule has 1 atom stereocenters. The van der Waals surface area contributed by atoms with Crippen molar-refractivity contribution in [2.45, 2.75) is 17.0 Å². The molecule has 0 aliphatic heterocycles. The van der Waals surface area contributed by atoms with Crippen LogP contribution in [0, 0.1) is 0 Å². The molecule has 1 heterocycles. The molecule has 116 valence electrons. The second-order valence-electron chi connectivity index (χ2n) is 4.92. The maximum absolute atomic E-state index is 11.8. The normalized spacial score (nSPS) is 12.0. The van der Waals surface area contributed by atoms with Gasteiger partial charge >= 0.3 is 0 Å². The number of primary amides is 1. The number of tetrazole rings is 1. The molecule has 0 aliphatic rings. The lowest BCUT2D eigenvalue weighted by Gasteiger charge is -2.12. The van der Waals surface area contributed by atoms with Gasteiger partial charge in [-0.1, -0.05) is 72.4 Å². The Balaban J connectivity index is 1.82. The number of carbonyl (C=O) groups is 1. The van der Waals surface area contributed by atoms with Gasteiger partial charge in [0.2, 0.25) is 11.1 Å². The van der Waals surface area contributed by atoms with Crippen LogP contribution in [0.15, 0.2) is 65.8 Å². The van der Waals surface area contributed by atoms with Crippen molar-refractivity contribution in [2.24, 2.45) is 5.73 Å². The van der Waals surface area contributed by atoms with Gasteiger partial charge in [-0.05, 0) is 21.6 Å². The lowest BCUT2D eigenvalue weighted by molar-refractivity contribution is -0.117. The fourth-order valence-electron chi connectivity index (χ4n) is 2.16. The van der Waals surface area contributed by atoms with Crippen molar-refractivity contribution in [3.63, 3.8) is 0 Å². The number of nitrogens with two attached hydrogens (primary N) is 1. The van der Waals surface area contributed by atoms with Crippen LogP contribution in [0.2, 0.25) is 0 Å². The zero-order chi connectivity index (χ0) is 16.1. The van der Waals surface area contributed by atoms with Crippen molar-refractivity contribution in [3.05, 3.63) is 71.8 Å². The molecule has 3 aromatic rings. The minimum atomic E-state index is -0.531. The standard InChI is InChI=1S/C16H15N5OS/c17-15(22)14(13-9-5-2-6-10-13)23-16-18-19-20-21(16)11-12-7-3-1-4-8-12/h1-10,14H,11H2,(H2,17,22). The molecular formula is C16H15N5OS. The Morgan fingerprint density at radius 2 is 1.74 bits per heavy atom. The Labute approximate surface area is 137 Å². The molecule has 0 aliphatic carbocycles. The van der Waals surface area contributed by atoms with Crippen LogP contribution in [0.4, 0.5) is 0 Å². The predicted octanol–water partition coefficient (Wildman–Crippen LogP) is 2.04. The van der Waals surface area contributed by atoms with Gasteiger partial charge in [0, 0.05) is 0 Å². The van der Waals surface area contributed by atoms with E-state index in [2.05, 4.69) is 15.5 Å². The summed E-state index contributed by atoms with van der Waals surface area (Å²) < 4.78 is 1.67. The minimum Gasteiger partial charge on any atom is -0.368 e. The van der Waals surface area contributed by atoms with Gasteiger partial charge < -0.3 is 5.73 Å². The Kier molecular flexibility index (Phi) is 4.68. The van der Waals surface area contributed by atoms with E-state index in [-0.39, 0.29) is 0 Å². The average Bonchev–Trinajstić information content (AvgIpc) is 3.01. The number of rotatable bonds is 6. The van der Waals surface area contributed by atoms with Crippen molar-refractivity contribution in [1.82, 2.24) is 20.2 Å². The molecule has 3 rings (SSSR count). The van der Waals surface area contributed by atoms with Gasteiger partial charge in [0.1, 0.15) is 5.25 Å². The van der Waals surface area contributed by atoms with Crippen LogP contribution in [-0.2, 0) is 11.3 Å². The van der Waals surface area contributed by atoms with E-state index < -0.39 is 11.2 Å². The molecule has 7 heteroatoms. The second kappa shape index (κ2) is 7.06. The number of amides is 1. The Hall–Kier alpha value is -2.67. The van der Waals surface area contributed by atoms with Gasteiger partial charge in [0.15, 0.2) is 0 Å². The molecule has 1 aromatic heterocycles. The lowest BCUT2D eigenvalue weighted by Crippen LogP contribution is -2.19. The predicted molar refractivity (Wildman–Crippen MR) is 87.6 cm³/mol. The first kappa shape index (κ1) is 15.2. The molecule has 0 radical (unpaired) electrons. The summed E-state index contributed by atoms with van der Waals surface area (Å²) in [4.78, 5) is 11.8. The summed E-state index contributed by atoms with van der Waals surface area (Å²) in [5.41, 5.74) is 7.46. The summed E-state index contributed by atoms with van der Waals surface area (Å²) in [6, 6.07) is 19.3. The van der Waals surface area contributed by atoms with Crippen LogP contribution in [0.25, 0.3) is 0 Å². The maximum Gasteiger partial charge on any atom is 0.235 e. The van der Waals surface area contributed by atoms with Gasteiger partial charge in [0.05, 0.1) is 6.54 Å². The molecule has 23 heavy (non-hydrogen) atoms. The summed E-state index contributed by atoms with van der Waals surface area (Å²) in [6.07, 6.45) is 0. The number of hydrogen-bond acceptors (Lipinski definition) is 5. The molecule has 2 N–H and O–H groups in total. The topological polar surface area (TPSA) is 86.7 Å². The third-order valence-electron chi connectivity index (χ3n) is 3.26. The highest BCUT2D eigenvalue weighted by Gasteiger charge is 2.22. The SMILES string of the molecule is NC(=O)C(Sc1nnnn1Cc1ccccc1)c1ccccc1. The lowest BCUT2D eigenvalue weighted by atomic mass is 10.1. The average molecular weight is 325 g/mol. The smallest absolute Gasteiger partial charge is 0.235 e. The summed E-state index contributed by atoms with van der Waals surface area (Å²) in [5.74, 6) is -0.421. The zero-order valence-electron chi connectivity index (χ0n) is 12.2. The molecular weight excluding hydrogens is 310 g/mol. The summed E-state index contributed by atoms with van der Waals surface area (Å²) in [7, 11) is 0. The summed E-state index contributed by atoms with van der Waals surface area (Å²) in [6.45, 7) is 0.538. The summed E-state index contributed by atoms with van der Waals surface area (Å²) >= 11 is 1.25. The van der Waals surface area contributed by atoms with Crippen molar-refractivity contribution >= 4 is 17.7 Å². The Bertz CT molecular complexity index is 775. The molecule has 1 amide bonds. The quantitative estimate of drug-likeness (QED) is 0.701. The molecule has 1 unspecified atom stereocenters. The van der Waals surface area contributed by atoms with E-state index in [1.165, 1.54) is 11.8 Å². The summed E-state index contributed by atoms with van der Waals surface area (Å²) in [5, 5.41) is 11.8. The van der Waals surface area contributed by atoms with Gasteiger partial charge in [0.25, 0.3) is 0 Å². The number of aromatic nitrogens is 4. The van der Waals surface area contributed by atoms with E-state index in [0.29, 0.717) is 11.7 Å². The van der Waals surface area contributed by atoms with E-state index >= 15 is 0 Å². The highest BCUT2D eigenvalue weighted by molar-refractivity contribution is 8.00. The van der Waals surface area contributed by atoms with Crippen molar-refractivity contribution in [1.29, 1.82) is 0 Å². The van der Waals surface area contributed by atoms with E-state index in [1.54, 1.807) is 4.68 Å². The van der Waals surface area contributed by atoms with Gasteiger partial charge in [-0.25, -0.2) is 4.68 Å². The van der Waals surface area contributed by atoms with E-state index in [0.717, 1.165) is 11.1 Å². The number of benzene rings is 2. The number of hydrogen-bond donors (Lipinski definition) is 1. The highest BCUT2D eigenvalue weighted by atomic mass is 32.2. The van der Waals surface area contributed by atoms with Crippen LogP contribution in [-0.4, -0.2) is 26.1 Å². The highest BCUT2D eigenvalue weighted by Crippen LogP contribution is 2.33. The van der Waals surface area contributed by atoms with Crippen LogP contribution in [0.1, 0.15) is 16.4 Å². The fourth-order valence-corrected chi connectivity index (χ4v) is 3.09. The third kappa shape index (κ3) is 3.75. The molecule has 0 spiro atoms. The Morgan fingerprint density at radius 1 is 1.09 bits per heavy atom. The molecule has 2 aromatic carbocycles. The largest absolute Gasteiger partial charge is 0.368 e. The van der Waals surface area contributed by atoms with Crippen molar-refractivity contribution in [2.75, 3.05) is 0 Å². The van der Waals surface area contributed by atoms with E-state index in [4.69, 9.17) is 5.73 Å². The molecule has 0 fully saturated rings. The van der Waals surface area contributed by atoms with E-state index in [9.17, 15) is 4.79 Å². The molecule has 6 nitrogen and oxygen atoms in total. The first-order valence-electron chi connectivity index (χ1n) is 7.05. The molecule has 0 saturated carbocycles. The molecule has 0 saturated heterocycles. The first-order valence-corrected chi connectivity index (χ1v) is 7.93. The van der Waals surface area contributed by atoms with Crippen LogP contribution in [0.3, 0.4) is 0 Å². The van der Waals surface area contributed by atoms with Gasteiger partial charge in [-0.2, -0.15) is 0 Å². The van der Waals surface area contributed by atoms with Crippen LogP contribution >= 0.6 is 11.8 Å². The number of carbonyl (C=O) groups excluding carboxylic acids is 1. The fraction of sp³-hybridized carbons (Fsp3) is 0.125. The zero-order valence-corrected chi connectivity index (χ0v) is 13.1. The third-order valence-corrected chi connectivity index (χ3v) is 4.50. The molecule has 0 bridgehead atoms. The van der Waals surface area contributed by atoms with Crippen LogP contribution < -0.4 is 5.73 Å². The Morgan fingerprint density at radius 3 is 2.39 bits per heavy atom. The first-order chi connectivity index (χ1) is 11.2. The van der Waals surface area contributed by atoms with Crippen molar-refractivity contribution in [3.8, 4) is 0 Å². The second-order valence-corrected chi connectivity index (χ2v) is 5.99. The number of nitrogens with zero attached hydrogens (tertiary/aromatic N) is 4. The minimum absolute atomic E-state index is 0.421. The van der Waals surface area contributed by atoms with Gasteiger partial charge in [-0.3, -0.25) is 4.79 Å².